The van der Waals surface area contributed by atoms with Gasteiger partial charge in [-0.15, -0.1) is 0 Å². The quantitative estimate of drug-likeness (QED) is 0.613. The monoisotopic (exact) mass is 264 g/mol. The highest BCUT2D eigenvalue weighted by Gasteiger charge is 2.38. The number of ketones is 1. The van der Waals surface area contributed by atoms with Crippen LogP contribution in [0.5, 0.6) is 0 Å². The molecule has 94 valence electrons. The Morgan fingerprint density at radius 2 is 1.76 bits per heavy atom. The van der Waals surface area contributed by atoms with Crippen molar-refractivity contribution in [3.8, 4) is 0 Å². The first-order chi connectivity index (χ1) is 7.62. The van der Waals surface area contributed by atoms with Crippen molar-refractivity contribution in [1.82, 2.24) is 0 Å². The van der Waals surface area contributed by atoms with Gasteiger partial charge in [-0.1, -0.05) is 0 Å². The van der Waals surface area contributed by atoms with Crippen molar-refractivity contribution in [2.75, 3.05) is 6.26 Å². The second-order valence-electron chi connectivity index (χ2n) is 3.54. The average Bonchev–Trinajstić information content (AvgIpc) is 2.14. The van der Waals surface area contributed by atoms with Crippen LogP contribution in [-0.4, -0.2) is 26.3 Å². The topological polar surface area (TPSA) is 60.4 Å². The molecule has 0 heterocycles. The van der Waals surface area contributed by atoms with Gasteiger partial charge in [0.05, 0.1) is 6.26 Å². The van der Waals surface area contributed by atoms with Crippen LogP contribution in [0.15, 0.2) is 24.3 Å². The highest BCUT2D eigenvalue weighted by atomic mass is 32.2. The maximum atomic E-state index is 13.7. The molecule has 0 aliphatic heterocycles. The van der Waals surface area contributed by atoms with Crippen LogP contribution in [0.2, 0.25) is 0 Å². The number of carbonyl (C=O) groups excluding carboxylic acids is 1. The zero-order chi connectivity index (χ0) is 13.3. The minimum absolute atomic E-state index is 0.181. The molecule has 4 nitrogen and oxygen atoms in total. The molecular weight excluding hydrogens is 254 g/mol. The Kier molecular flexibility index (Phi) is 3.63. The normalized spacial score (nSPS) is 15.3. The number of benzene rings is 1. The first kappa shape index (κ1) is 13.7. The first-order valence-electron chi connectivity index (χ1n) is 4.52. The Balaban J connectivity index is 3.00. The first-order valence-corrected chi connectivity index (χ1v) is 6.33. The Morgan fingerprint density at radius 1 is 1.29 bits per heavy atom. The molecule has 0 aliphatic carbocycles. The summed E-state index contributed by atoms with van der Waals surface area (Å²) >= 11 is 0. The van der Waals surface area contributed by atoms with Crippen LogP contribution in [-0.2, 0) is 14.3 Å². The van der Waals surface area contributed by atoms with Crippen LogP contribution in [0.25, 0.3) is 0 Å². The van der Waals surface area contributed by atoms with Crippen molar-refractivity contribution in [3.63, 3.8) is 0 Å². The third-order valence-electron chi connectivity index (χ3n) is 1.82. The molecule has 0 N–H and O–H groups in total. The summed E-state index contributed by atoms with van der Waals surface area (Å²) in [7, 11) is -4.11. The lowest BCUT2D eigenvalue weighted by atomic mass is 10.1. The van der Waals surface area contributed by atoms with E-state index < -0.39 is 27.6 Å². The second-order valence-corrected chi connectivity index (χ2v) is 5.12. The van der Waals surface area contributed by atoms with E-state index >= 15 is 0 Å². The maximum Gasteiger partial charge on any atom is 0.285 e. The number of halogens is 2. The zero-order valence-corrected chi connectivity index (χ0v) is 9.92. The van der Waals surface area contributed by atoms with Gasteiger partial charge in [-0.3, -0.25) is 4.79 Å². The van der Waals surface area contributed by atoms with E-state index in [1.807, 2.05) is 0 Å². The van der Waals surface area contributed by atoms with E-state index in [0.29, 0.717) is 13.2 Å². The second kappa shape index (κ2) is 4.50. The molecule has 0 saturated carbocycles. The van der Waals surface area contributed by atoms with Crippen LogP contribution < -0.4 is 0 Å². The SMILES string of the molecule is CC(F)(OS(C)(=O)=O)C(=O)c1ccc(F)cc1. The zero-order valence-electron chi connectivity index (χ0n) is 9.11. The van der Waals surface area contributed by atoms with Crippen molar-refractivity contribution in [1.29, 1.82) is 0 Å². The fourth-order valence-corrected chi connectivity index (χ4v) is 1.83. The molecule has 17 heavy (non-hydrogen) atoms. The maximum absolute atomic E-state index is 13.7. The number of alkyl halides is 1. The van der Waals surface area contributed by atoms with Crippen molar-refractivity contribution in [2.24, 2.45) is 0 Å². The van der Waals surface area contributed by atoms with E-state index in [1.54, 1.807) is 0 Å². The van der Waals surface area contributed by atoms with E-state index in [0.717, 1.165) is 24.3 Å². The summed E-state index contributed by atoms with van der Waals surface area (Å²) in [6.45, 7) is 0.680. The van der Waals surface area contributed by atoms with Crippen molar-refractivity contribution >= 4 is 15.9 Å². The molecule has 1 atom stereocenters. The van der Waals surface area contributed by atoms with Gasteiger partial charge in [0.15, 0.2) is 0 Å². The number of rotatable bonds is 4. The van der Waals surface area contributed by atoms with Crippen molar-refractivity contribution in [2.45, 2.75) is 12.8 Å². The molecule has 0 aromatic heterocycles. The van der Waals surface area contributed by atoms with Crippen LogP contribution in [0.4, 0.5) is 8.78 Å². The van der Waals surface area contributed by atoms with Crippen LogP contribution in [0.3, 0.4) is 0 Å². The van der Waals surface area contributed by atoms with Gasteiger partial charge >= 0.3 is 0 Å². The molecule has 0 saturated heterocycles. The van der Waals surface area contributed by atoms with Gasteiger partial charge in [0.1, 0.15) is 5.82 Å². The standard InChI is InChI=1S/C10H10F2O4S/c1-10(12,16-17(2,14)15)9(13)7-3-5-8(11)6-4-7/h3-6H,1-2H3. The molecule has 0 spiro atoms. The summed E-state index contributed by atoms with van der Waals surface area (Å²) in [4.78, 5) is 11.6. The van der Waals surface area contributed by atoms with Gasteiger partial charge in [-0.05, 0) is 24.3 Å². The summed E-state index contributed by atoms with van der Waals surface area (Å²) in [6.07, 6.45) is 0.628. The van der Waals surface area contributed by atoms with Crippen LogP contribution >= 0.6 is 0 Å². The van der Waals surface area contributed by atoms with Gasteiger partial charge in [0, 0.05) is 12.5 Å². The molecule has 0 amide bonds. The Bertz CT molecular complexity index is 520. The Morgan fingerprint density at radius 3 is 2.18 bits per heavy atom. The van der Waals surface area contributed by atoms with Gasteiger partial charge < -0.3 is 0 Å². The minimum Gasteiger partial charge on any atom is -0.288 e. The summed E-state index contributed by atoms with van der Waals surface area (Å²) in [5.41, 5.74) is -0.181. The Hall–Kier alpha value is -1.34. The van der Waals surface area contributed by atoms with E-state index in [4.69, 9.17) is 0 Å². The predicted molar refractivity (Wildman–Crippen MR) is 56.2 cm³/mol. The van der Waals surface area contributed by atoms with Gasteiger partial charge in [-0.25, -0.2) is 13.0 Å². The summed E-state index contributed by atoms with van der Waals surface area (Å²) in [5, 5.41) is 0. The highest BCUT2D eigenvalue weighted by Crippen LogP contribution is 2.21. The third kappa shape index (κ3) is 3.86. The van der Waals surface area contributed by atoms with E-state index in [1.165, 1.54) is 0 Å². The molecule has 0 fully saturated rings. The lowest BCUT2D eigenvalue weighted by molar-refractivity contribution is -0.0161. The predicted octanol–water partition coefficient (Wildman–Crippen LogP) is 1.67. The summed E-state index contributed by atoms with van der Waals surface area (Å²) < 4.78 is 51.9. The lowest BCUT2D eigenvalue weighted by Gasteiger charge is -2.17. The number of hydrogen-bond donors (Lipinski definition) is 0. The molecular formula is C10H10F2O4S. The summed E-state index contributed by atoms with van der Waals surface area (Å²) in [5.74, 6) is -4.79. The minimum atomic E-state index is -4.11. The molecule has 1 aromatic rings. The molecule has 0 aliphatic rings. The highest BCUT2D eigenvalue weighted by molar-refractivity contribution is 7.86. The number of Topliss-reactive ketones (excluding diaryl/α,β-unsaturated/α-hetero) is 1. The third-order valence-corrected chi connectivity index (χ3v) is 2.44. The molecule has 1 aromatic carbocycles. The van der Waals surface area contributed by atoms with E-state index in [2.05, 4.69) is 4.18 Å². The van der Waals surface area contributed by atoms with Crippen molar-refractivity contribution in [3.05, 3.63) is 35.6 Å². The van der Waals surface area contributed by atoms with Crippen LogP contribution in [0, 0.1) is 5.82 Å². The lowest BCUT2D eigenvalue weighted by Crippen LogP contribution is -2.35. The van der Waals surface area contributed by atoms with Gasteiger partial charge in [0.2, 0.25) is 5.78 Å². The smallest absolute Gasteiger partial charge is 0.285 e. The average molecular weight is 264 g/mol. The molecule has 0 radical (unpaired) electrons. The van der Waals surface area contributed by atoms with Crippen LogP contribution in [0.1, 0.15) is 17.3 Å². The number of carbonyl (C=O) groups is 1. The van der Waals surface area contributed by atoms with E-state index in [9.17, 15) is 22.0 Å². The molecule has 1 rings (SSSR count). The summed E-state index contributed by atoms with van der Waals surface area (Å²) in [6, 6.07) is 4.01. The van der Waals surface area contributed by atoms with E-state index in [-0.39, 0.29) is 5.56 Å². The Labute approximate surface area is 97.3 Å². The van der Waals surface area contributed by atoms with Crippen molar-refractivity contribution < 1.29 is 26.2 Å². The molecule has 0 bridgehead atoms. The largest absolute Gasteiger partial charge is 0.288 e. The fourth-order valence-electron chi connectivity index (χ4n) is 1.18. The van der Waals surface area contributed by atoms with Gasteiger partial charge in [-0.2, -0.15) is 8.42 Å². The number of hydrogen-bond acceptors (Lipinski definition) is 4. The fraction of sp³-hybridized carbons (Fsp3) is 0.300. The van der Waals surface area contributed by atoms with Gasteiger partial charge in [0.25, 0.3) is 16.0 Å². The molecule has 7 heteroatoms. The molecule has 1 unspecified atom stereocenters.